The zero-order chi connectivity index (χ0) is 50.8. The van der Waals surface area contributed by atoms with Gasteiger partial charge in [0.25, 0.3) is 0 Å². The van der Waals surface area contributed by atoms with Gasteiger partial charge in [-0.15, -0.1) is 0 Å². The molecule has 0 amide bonds. The van der Waals surface area contributed by atoms with Crippen LogP contribution in [0.2, 0.25) is 0 Å². The predicted molar refractivity (Wildman–Crippen MR) is 265 cm³/mol. The predicted octanol–water partition coefficient (Wildman–Crippen LogP) is 14.8. The van der Waals surface area contributed by atoms with Gasteiger partial charge in [0.2, 0.25) is 0 Å². The number of rotatable bonds is 4. The Kier molecular flexibility index (Phi) is 20.7. The van der Waals surface area contributed by atoms with Gasteiger partial charge in [-0.05, 0) is 76.2 Å². The van der Waals surface area contributed by atoms with Crippen LogP contribution in [0.4, 0.5) is 34.5 Å². The van der Waals surface area contributed by atoms with Crippen molar-refractivity contribution in [2.75, 3.05) is 0 Å². The first-order valence-electron chi connectivity index (χ1n) is 21.3. The number of pyridine rings is 6. The molecule has 0 fully saturated rings. The van der Waals surface area contributed by atoms with Crippen LogP contribution in [0.1, 0.15) is 27.7 Å². The molecule has 0 aliphatic heterocycles. The molecular formula is C52H42B2F8FeN6O2. The van der Waals surface area contributed by atoms with Gasteiger partial charge in [0.05, 0.1) is 56.2 Å². The second kappa shape index (κ2) is 26.3. The number of carbonyl (C=O) groups excluding carboxylic acids is 2. The topological polar surface area (TPSA) is 111 Å². The molecule has 0 spiro atoms. The van der Waals surface area contributed by atoms with Gasteiger partial charge in [0.1, 0.15) is 11.6 Å². The normalized spacial score (nSPS) is 10.5. The summed E-state index contributed by atoms with van der Waals surface area (Å²) in [6.45, 7) is 6.11. The number of benzene rings is 4. The van der Waals surface area contributed by atoms with Crippen molar-refractivity contribution in [1.29, 1.82) is 0 Å². The Morgan fingerprint density at radius 1 is 0.324 bits per heavy atom. The second-order valence-electron chi connectivity index (χ2n) is 15.2. The minimum absolute atomic E-state index is 0. The Labute approximate surface area is 414 Å². The van der Waals surface area contributed by atoms with Crippen LogP contribution < -0.4 is 0 Å². The zero-order valence-corrected chi connectivity index (χ0v) is 39.5. The van der Waals surface area contributed by atoms with Crippen molar-refractivity contribution < 1.29 is 61.2 Å². The number of hydrogen-bond acceptors (Lipinski definition) is 8. The minimum Gasteiger partial charge on any atom is -0.418 e. The second-order valence-corrected chi connectivity index (χ2v) is 15.2. The van der Waals surface area contributed by atoms with E-state index in [-0.39, 0.29) is 28.6 Å². The maximum absolute atomic E-state index is 9.75. The fraction of sp³-hybridized carbons (Fsp3) is 0.0769. The van der Waals surface area contributed by atoms with Crippen LogP contribution in [0.15, 0.2) is 182 Å². The monoisotopic (exact) mass is 1010 g/mol. The van der Waals surface area contributed by atoms with Gasteiger partial charge < -0.3 is 44.1 Å². The minimum atomic E-state index is -6.00. The van der Waals surface area contributed by atoms with Gasteiger partial charge in [-0.2, -0.15) is 0 Å². The molecule has 0 radical (unpaired) electrons. The fourth-order valence-electron chi connectivity index (χ4n) is 6.43. The number of carbonyl (C=O) groups is 2. The Balaban J connectivity index is 0.000000229. The molecule has 10 rings (SSSR count). The van der Waals surface area contributed by atoms with E-state index in [0.717, 1.165) is 88.9 Å². The van der Waals surface area contributed by atoms with Crippen molar-refractivity contribution >= 4 is 69.7 Å². The van der Waals surface area contributed by atoms with Gasteiger partial charge in [-0.3, -0.25) is 9.97 Å². The third kappa shape index (κ3) is 18.6. The van der Waals surface area contributed by atoms with E-state index in [1.807, 2.05) is 109 Å². The summed E-state index contributed by atoms with van der Waals surface area (Å²) in [4.78, 5) is 47.3. The summed E-state index contributed by atoms with van der Waals surface area (Å²) < 4.78 is 78.0. The molecular weight excluding hydrogens is 970 g/mol. The quantitative estimate of drug-likeness (QED) is 0.0973. The smallest absolute Gasteiger partial charge is 0.418 e. The van der Waals surface area contributed by atoms with Crippen LogP contribution in [0.5, 0.6) is 0 Å². The summed E-state index contributed by atoms with van der Waals surface area (Å²) in [5.74, 6) is 0.333. The number of nitrogens with zero attached hydrogens (tertiary/aromatic N) is 6. The van der Waals surface area contributed by atoms with E-state index in [1.165, 1.54) is 27.7 Å². The molecule has 6 heterocycles. The molecule has 0 bridgehead atoms. The first-order valence-corrected chi connectivity index (χ1v) is 21.3. The first kappa shape index (κ1) is 55.8. The van der Waals surface area contributed by atoms with Crippen molar-refractivity contribution in [3.8, 4) is 45.3 Å². The van der Waals surface area contributed by atoms with Gasteiger partial charge in [-0.1, -0.05) is 121 Å². The van der Waals surface area contributed by atoms with Crippen molar-refractivity contribution in [1.82, 2.24) is 29.9 Å². The van der Waals surface area contributed by atoms with Crippen LogP contribution >= 0.6 is 0 Å². The average molecular weight is 1010 g/mol. The van der Waals surface area contributed by atoms with Gasteiger partial charge in [0.15, 0.2) is 0 Å². The van der Waals surface area contributed by atoms with E-state index < -0.39 is 14.5 Å². The third-order valence-electron chi connectivity index (χ3n) is 9.03. The molecule has 0 saturated carbocycles. The van der Waals surface area contributed by atoms with Crippen LogP contribution in [-0.4, -0.2) is 56.0 Å². The van der Waals surface area contributed by atoms with E-state index in [0.29, 0.717) is 0 Å². The van der Waals surface area contributed by atoms with Gasteiger partial charge in [0, 0.05) is 45.1 Å². The number of aromatic nitrogens is 6. The zero-order valence-electron chi connectivity index (χ0n) is 38.4. The van der Waals surface area contributed by atoms with Crippen LogP contribution in [0, 0.1) is 0 Å². The van der Waals surface area contributed by atoms with E-state index >= 15 is 0 Å². The van der Waals surface area contributed by atoms with Gasteiger partial charge >= 0.3 is 31.6 Å². The molecule has 8 nitrogen and oxygen atoms in total. The molecule has 19 heteroatoms. The average Bonchev–Trinajstić information content (AvgIpc) is 3.33. The summed E-state index contributed by atoms with van der Waals surface area (Å²) in [7, 11) is -12.0. The molecule has 71 heavy (non-hydrogen) atoms. The number of Topliss-reactive ketones (excluding diaryl/α,β-unsaturated/α-hetero) is 2. The summed E-state index contributed by atoms with van der Waals surface area (Å²) in [5, 5.41) is 4.35. The van der Waals surface area contributed by atoms with Crippen molar-refractivity contribution in [2.45, 2.75) is 27.7 Å². The van der Waals surface area contributed by atoms with E-state index in [2.05, 4.69) is 82.8 Å². The summed E-state index contributed by atoms with van der Waals surface area (Å²) in [6, 6.07) is 57.1. The summed E-state index contributed by atoms with van der Waals surface area (Å²) in [5.41, 5.74) is 11.2. The Morgan fingerprint density at radius 3 is 0.915 bits per heavy atom. The van der Waals surface area contributed by atoms with Crippen molar-refractivity contribution in [3.05, 3.63) is 182 Å². The molecule has 6 aromatic heterocycles. The third-order valence-corrected chi connectivity index (χ3v) is 9.03. The summed E-state index contributed by atoms with van der Waals surface area (Å²) >= 11 is 0. The Hall–Kier alpha value is -7.75. The molecule has 4 aromatic carbocycles. The molecule has 0 saturated heterocycles. The van der Waals surface area contributed by atoms with Crippen molar-refractivity contribution in [2.24, 2.45) is 0 Å². The van der Waals surface area contributed by atoms with Gasteiger partial charge in [-0.25, -0.2) is 19.9 Å². The van der Waals surface area contributed by atoms with E-state index in [9.17, 15) is 44.1 Å². The largest absolute Gasteiger partial charge is 2.00 e. The molecule has 0 N–H and O–H groups in total. The molecule has 0 aliphatic rings. The number of halogens is 8. The fourth-order valence-corrected chi connectivity index (χ4v) is 6.43. The molecule has 0 atom stereocenters. The summed E-state index contributed by atoms with van der Waals surface area (Å²) in [6.07, 6.45) is 3.62. The van der Waals surface area contributed by atoms with E-state index in [4.69, 9.17) is 19.9 Å². The Bertz CT molecular complexity index is 3100. The number of hydrogen-bond donors (Lipinski definition) is 0. The maximum atomic E-state index is 9.75. The molecule has 10 aromatic rings. The van der Waals surface area contributed by atoms with Crippen molar-refractivity contribution in [3.63, 3.8) is 0 Å². The molecule has 362 valence electrons. The first-order chi connectivity index (χ1) is 33.2. The van der Waals surface area contributed by atoms with Crippen LogP contribution in [-0.2, 0) is 26.7 Å². The molecule has 0 unspecified atom stereocenters. The standard InChI is InChI=1S/2C23H15N3.2C3H6O.2BF4.Fe/c2*1-2-6-16(7-3-1)19-9-4-10-20(25-19)21-14-13-18-12-11-17-8-5-15-24-22(17)23(18)26-21;2*1-3(2)4;2*2-1(3,4)5;/h2*1-15H;2*1-2H3;;;/q;;;;2*-1;+2. The van der Waals surface area contributed by atoms with Crippen LogP contribution in [0.25, 0.3) is 88.9 Å². The number of fused-ring (bicyclic) bond motifs is 6. The van der Waals surface area contributed by atoms with E-state index in [1.54, 1.807) is 0 Å². The maximum Gasteiger partial charge on any atom is 2.00 e. The number of ketones is 2. The van der Waals surface area contributed by atoms with Crippen LogP contribution in [0.3, 0.4) is 0 Å². The Morgan fingerprint density at radius 2 is 0.592 bits per heavy atom. The SMILES string of the molecule is CC(C)=O.CC(C)=O.F[B-](F)(F)F.F[B-](F)(F)F.[Fe+2].c1ccc(-c2cccc(-c3ccc4ccc5cccnc5c4n3)n2)cc1.c1ccc(-c2cccc(-c3ccc4ccc5cccnc5c4n3)n2)cc1. The molecule has 0 aliphatic carbocycles.